The smallest absolute Gasteiger partial charge is 0.306 e. The normalized spacial score (nSPS) is 19.1. The van der Waals surface area contributed by atoms with Crippen molar-refractivity contribution >= 4 is 23.6 Å². The third kappa shape index (κ3) is 4.20. The Morgan fingerprint density at radius 1 is 1.47 bits per heavy atom. The lowest BCUT2D eigenvalue weighted by atomic mass is 9.96. The second-order valence-corrected chi connectivity index (χ2v) is 5.31. The highest BCUT2D eigenvalue weighted by atomic mass is 32.2. The zero-order valence-corrected chi connectivity index (χ0v) is 10.9. The lowest BCUT2D eigenvalue weighted by Crippen LogP contribution is -2.48. The predicted molar refractivity (Wildman–Crippen MR) is 67.9 cm³/mol. The fourth-order valence-corrected chi connectivity index (χ4v) is 2.44. The second kappa shape index (κ2) is 6.86. The molecule has 98 valence electrons. The van der Waals surface area contributed by atoms with E-state index in [0.717, 1.165) is 5.75 Å². The number of aliphatic carboxylic acids is 1. The van der Waals surface area contributed by atoms with Crippen molar-refractivity contribution in [2.45, 2.75) is 25.3 Å². The van der Waals surface area contributed by atoms with Crippen molar-refractivity contribution in [3.05, 3.63) is 0 Å². The van der Waals surface area contributed by atoms with Crippen LogP contribution in [0.4, 0.5) is 0 Å². The fraction of sp³-hybridized carbons (Fsp3) is 0.818. The van der Waals surface area contributed by atoms with Gasteiger partial charge in [0.15, 0.2) is 0 Å². The zero-order valence-electron chi connectivity index (χ0n) is 10.1. The Hall–Kier alpha value is -0.750. The molecule has 0 aromatic heterocycles. The summed E-state index contributed by atoms with van der Waals surface area (Å²) in [5, 5.41) is 8.86. The number of nitrogens with two attached hydrogens (primary N) is 1. The Morgan fingerprint density at radius 3 is 2.53 bits per heavy atom. The molecule has 0 aromatic carbocycles. The van der Waals surface area contributed by atoms with Gasteiger partial charge in [0, 0.05) is 13.1 Å². The number of nitrogens with zero attached hydrogens (tertiary/aromatic N) is 1. The molecule has 1 atom stereocenters. The molecule has 0 unspecified atom stereocenters. The molecule has 1 fully saturated rings. The summed E-state index contributed by atoms with van der Waals surface area (Å²) >= 11 is 1.67. The molecule has 6 heteroatoms. The Labute approximate surface area is 106 Å². The van der Waals surface area contributed by atoms with Crippen LogP contribution >= 0.6 is 11.8 Å². The highest BCUT2D eigenvalue weighted by molar-refractivity contribution is 7.98. The monoisotopic (exact) mass is 260 g/mol. The Morgan fingerprint density at radius 2 is 2.06 bits per heavy atom. The van der Waals surface area contributed by atoms with Crippen LogP contribution in [0.15, 0.2) is 0 Å². The van der Waals surface area contributed by atoms with E-state index in [-0.39, 0.29) is 11.8 Å². The van der Waals surface area contributed by atoms with Gasteiger partial charge in [0.2, 0.25) is 5.91 Å². The molecule has 0 aliphatic carbocycles. The van der Waals surface area contributed by atoms with Gasteiger partial charge >= 0.3 is 5.97 Å². The van der Waals surface area contributed by atoms with Crippen molar-refractivity contribution in [3.63, 3.8) is 0 Å². The van der Waals surface area contributed by atoms with Crippen LogP contribution in [-0.2, 0) is 9.59 Å². The number of amides is 1. The Balaban J connectivity index is 2.37. The third-order valence-corrected chi connectivity index (χ3v) is 3.75. The summed E-state index contributed by atoms with van der Waals surface area (Å²) in [6.45, 7) is 1.03. The Kier molecular flexibility index (Phi) is 5.77. The average molecular weight is 260 g/mol. The van der Waals surface area contributed by atoms with Crippen molar-refractivity contribution in [1.29, 1.82) is 0 Å². The first-order valence-electron chi connectivity index (χ1n) is 5.82. The van der Waals surface area contributed by atoms with E-state index in [2.05, 4.69) is 0 Å². The molecule has 0 radical (unpaired) electrons. The summed E-state index contributed by atoms with van der Waals surface area (Å²) in [7, 11) is 0. The SMILES string of the molecule is CSCC[C@@H](N)C(=O)N1CCC(C(=O)O)CC1. The number of thioether (sulfide) groups is 1. The molecule has 0 aromatic rings. The van der Waals surface area contributed by atoms with Crippen LogP contribution in [-0.4, -0.2) is 53.0 Å². The maximum absolute atomic E-state index is 11.9. The molecule has 0 spiro atoms. The minimum Gasteiger partial charge on any atom is -0.481 e. The largest absolute Gasteiger partial charge is 0.481 e. The van der Waals surface area contributed by atoms with E-state index in [1.54, 1.807) is 16.7 Å². The minimum absolute atomic E-state index is 0.0390. The van der Waals surface area contributed by atoms with Gasteiger partial charge in [-0.05, 0) is 31.3 Å². The molecule has 0 saturated carbocycles. The van der Waals surface area contributed by atoms with Crippen molar-refractivity contribution in [1.82, 2.24) is 4.90 Å². The standard InChI is InChI=1S/C11H20N2O3S/c1-17-7-4-9(12)10(14)13-5-2-8(3-6-13)11(15)16/h8-9H,2-7,12H2,1H3,(H,15,16)/t9-/m1/s1. The molecule has 3 N–H and O–H groups in total. The van der Waals surface area contributed by atoms with E-state index in [4.69, 9.17) is 10.8 Å². The third-order valence-electron chi connectivity index (χ3n) is 3.11. The molecule has 1 aliphatic rings. The maximum Gasteiger partial charge on any atom is 0.306 e. The fourth-order valence-electron chi connectivity index (χ4n) is 1.95. The maximum atomic E-state index is 11.9. The van der Waals surface area contributed by atoms with Crippen molar-refractivity contribution < 1.29 is 14.7 Å². The number of carbonyl (C=O) groups excluding carboxylic acids is 1. The van der Waals surface area contributed by atoms with Crippen LogP contribution in [0.2, 0.25) is 0 Å². The topological polar surface area (TPSA) is 83.6 Å². The van der Waals surface area contributed by atoms with Crippen LogP contribution in [0.3, 0.4) is 0 Å². The zero-order chi connectivity index (χ0) is 12.8. The molecule has 5 nitrogen and oxygen atoms in total. The van der Waals surface area contributed by atoms with Gasteiger partial charge in [-0.1, -0.05) is 0 Å². The first-order chi connectivity index (χ1) is 8.06. The van der Waals surface area contributed by atoms with E-state index in [1.165, 1.54) is 0 Å². The number of hydrogen-bond donors (Lipinski definition) is 2. The van der Waals surface area contributed by atoms with Gasteiger partial charge in [0.25, 0.3) is 0 Å². The number of carboxylic acids is 1. The summed E-state index contributed by atoms with van der Waals surface area (Å²) in [6.07, 6.45) is 3.74. The van der Waals surface area contributed by atoms with Gasteiger partial charge in [-0.3, -0.25) is 9.59 Å². The van der Waals surface area contributed by atoms with Crippen LogP contribution < -0.4 is 5.73 Å². The number of hydrogen-bond acceptors (Lipinski definition) is 4. The number of carbonyl (C=O) groups is 2. The minimum atomic E-state index is -0.760. The second-order valence-electron chi connectivity index (χ2n) is 4.33. The number of piperidine rings is 1. The number of likely N-dealkylation sites (tertiary alicyclic amines) is 1. The van der Waals surface area contributed by atoms with Gasteiger partial charge in [-0.25, -0.2) is 0 Å². The van der Waals surface area contributed by atoms with Gasteiger partial charge in [-0.15, -0.1) is 0 Å². The molecule has 1 rings (SSSR count). The Bertz CT molecular complexity index is 278. The van der Waals surface area contributed by atoms with Crippen molar-refractivity contribution in [3.8, 4) is 0 Å². The predicted octanol–water partition coefficient (Wildman–Crippen LogP) is 0.390. The van der Waals surface area contributed by atoms with Crippen LogP contribution in [0, 0.1) is 5.92 Å². The van der Waals surface area contributed by atoms with Crippen LogP contribution in [0.25, 0.3) is 0 Å². The van der Waals surface area contributed by atoms with Crippen molar-refractivity contribution in [2.75, 3.05) is 25.1 Å². The lowest BCUT2D eigenvalue weighted by molar-refractivity contribution is -0.146. The van der Waals surface area contributed by atoms with Gasteiger partial charge in [-0.2, -0.15) is 11.8 Å². The van der Waals surface area contributed by atoms with E-state index in [0.29, 0.717) is 32.4 Å². The molecule has 1 heterocycles. The highest BCUT2D eigenvalue weighted by Crippen LogP contribution is 2.18. The van der Waals surface area contributed by atoms with Crippen LogP contribution in [0.5, 0.6) is 0 Å². The highest BCUT2D eigenvalue weighted by Gasteiger charge is 2.28. The summed E-state index contributed by atoms with van der Waals surface area (Å²) in [5.74, 6) is -0.230. The summed E-state index contributed by atoms with van der Waals surface area (Å²) < 4.78 is 0. The van der Waals surface area contributed by atoms with Gasteiger partial charge in [0.05, 0.1) is 12.0 Å². The molecular formula is C11H20N2O3S. The summed E-state index contributed by atoms with van der Waals surface area (Å²) in [5.41, 5.74) is 5.81. The first-order valence-corrected chi connectivity index (χ1v) is 7.21. The van der Waals surface area contributed by atoms with E-state index >= 15 is 0 Å². The molecule has 1 amide bonds. The molecule has 0 bridgehead atoms. The quantitative estimate of drug-likeness (QED) is 0.747. The van der Waals surface area contributed by atoms with Crippen molar-refractivity contribution in [2.24, 2.45) is 11.7 Å². The molecule has 17 heavy (non-hydrogen) atoms. The van der Waals surface area contributed by atoms with Gasteiger partial charge < -0.3 is 15.7 Å². The van der Waals surface area contributed by atoms with E-state index in [1.807, 2.05) is 6.26 Å². The van der Waals surface area contributed by atoms with E-state index < -0.39 is 12.0 Å². The molecular weight excluding hydrogens is 240 g/mol. The summed E-state index contributed by atoms with van der Waals surface area (Å²) in [4.78, 5) is 24.4. The molecule has 1 aliphatic heterocycles. The lowest BCUT2D eigenvalue weighted by Gasteiger charge is -2.31. The average Bonchev–Trinajstić information content (AvgIpc) is 2.35. The summed E-state index contributed by atoms with van der Waals surface area (Å²) in [6, 6.07) is -0.441. The van der Waals surface area contributed by atoms with E-state index in [9.17, 15) is 9.59 Å². The first kappa shape index (κ1) is 14.3. The van der Waals surface area contributed by atoms with Gasteiger partial charge in [0.1, 0.15) is 0 Å². The molecule has 1 saturated heterocycles. The number of rotatable bonds is 5. The number of carboxylic acid groups (broad SMARTS) is 1. The van der Waals surface area contributed by atoms with Crippen LogP contribution in [0.1, 0.15) is 19.3 Å².